The van der Waals surface area contributed by atoms with Gasteiger partial charge in [0.25, 0.3) is 0 Å². The maximum Gasteiger partial charge on any atom is 0.405 e. The zero-order chi connectivity index (χ0) is 17.0. The number of nitro benzene ring substituents is 1. The van der Waals surface area contributed by atoms with E-state index in [9.17, 15) is 14.9 Å². The lowest BCUT2D eigenvalue weighted by atomic mass is 10.1. The fraction of sp³-hybridized carbons (Fsp3) is 0.133. The van der Waals surface area contributed by atoms with Gasteiger partial charge in [-0.25, -0.2) is 4.79 Å². The number of nitrogens with one attached hydrogen (secondary N) is 1. The van der Waals surface area contributed by atoms with Gasteiger partial charge in [0.1, 0.15) is 5.75 Å². The van der Waals surface area contributed by atoms with E-state index in [2.05, 4.69) is 5.32 Å². The standard InChI is InChI=1S/C15H13ClN2O5/c1-9(17-15(19)20)10-3-2-4-12(7-10)23-14-8-11(16)5-6-13(14)18(21)22/h2-9,17H,1H3,(H,19,20). The largest absolute Gasteiger partial charge is 0.465 e. The van der Waals surface area contributed by atoms with Crippen LogP contribution in [0.15, 0.2) is 42.5 Å². The van der Waals surface area contributed by atoms with Crippen LogP contribution in [0.2, 0.25) is 5.02 Å². The molecule has 0 saturated heterocycles. The van der Waals surface area contributed by atoms with Crippen LogP contribution in [0.3, 0.4) is 0 Å². The highest BCUT2D eigenvalue weighted by atomic mass is 35.5. The molecule has 0 aliphatic rings. The van der Waals surface area contributed by atoms with Crippen LogP contribution >= 0.6 is 11.6 Å². The molecule has 0 heterocycles. The van der Waals surface area contributed by atoms with Crippen molar-refractivity contribution in [1.82, 2.24) is 5.32 Å². The molecule has 7 nitrogen and oxygen atoms in total. The number of carboxylic acid groups (broad SMARTS) is 1. The first-order valence-electron chi connectivity index (χ1n) is 6.58. The zero-order valence-corrected chi connectivity index (χ0v) is 12.8. The molecule has 0 saturated carbocycles. The van der Waals surface area contributed by atoms with Gasteiger partial charge >= 0.3 is 11.8 Å². The van der Waals surface area contributed by atoms with Gasteiger partial charge in [-0.05, 0) is 30.7 Å². The number of nitro groups is 1. The number of ether oxygens (including phenoxy) is 1. The molecule has 8 heteroatoms. The fourth-order valence-corrected chi connectivity index (χ4v) is 2.13. The second kappa shape index (κ2) is 6.97. The van der Waals surface area contributed by atoms with Crippen molar-refractivity contribution in [3.8, 4) is 11.5 Å². The summed E-state index contributed by atoms with van der Waals surface area (Å²) in [6, 6.07) is 10.2. The van der Waals surface area contributed by atoms with Crippen molar-refractivity contribution in [1.29, 1.82) is 0 Å². The Morgan fingerprint density at radius 2 is 2.09 bits per heavy atom. The van der Waals surface area contributed by atoms with Crippen molar-refractivity contribution in [2.75, 3.05) is 0 Å². The summed E-state index contributed by atoms with van der Waals surface area (Å²) in [6.07, 6.45) is -1.14. The number of carbonyl (C=O) groups is 1. The quantitative estimate of drug-likeness (QED) is 0.623. The normalized spacial score (nSPS) is 11.6. The van der Waals surface area contributed by atoms with Crippen LogP contribution in [-0.2, 0) is 0 Å². The first-order valence-corrected chi connectivity index (χ1v) is 6.96. The number of rotatable bonds is 5. The van der Waals surface area contributed by atoms with E-state index in [-0.39, 0.29) is 11.4 Å². The van der Waals surface area contributed by atoms with Crippen molar-refractivity contribution in [2.24, 2.45) is 0 Å². The van der Waals surface area contributed by atoms with Gasteiger partial charge in [-0.3, -0.25) is 10.1 Å². The van der Waals surface area contributed by atoms with Crippen LogP contribution in [-0.4, -0.2) is 16.1 Å². The molecule has 1 atom stereocenters. The van der Waals surface area contributed by atoms with Gasteiger partial charge in [-0.2, -0.15) is 0 Å². The molecule has 0 bridgehead atoms. The summed E-state index contributed by atoms with van der Waals surface area (Å²) >= 11 is 5.85. The highest BCUT2D eigenvalue weighted by Crippen LogP contribution is 2.34. The predicted molar refractivity (Wildman–Crippen MR) is 84.2 cm³/mol. The Kier molecular flexibility index (Phi) is 5.02. The van der Waals surface area contributed by atoms with Crippen molar-refractivity contribution in [2.45, 2.75) is 13.0 Å². The molecule has 2 rings (SSSR count). The van der Waals surface area contributed by atoms with Gasteiger partial charge < -0.3 is 15.2 Å². The van der Waals surface area contributed by atoms with Crippen molar-refractivity contribution in [3.63, 3.8) is 0 Å². The van der Waals surface area contributed by atoms with Gasteiger partial charge in [-0.1, -0.05) is 23.7 Å². The Balaban J connectivity index is 2.29. The number of hydrogen-bond donors (Lipinski definition) is 2. The summed E-state index contributed by atoms with van der Waals surface area (Å²) in [7, 11) is 0. The second-order valence-corrected chi connectivity index (χ2v) is 5.15. The van der Waals surface area contributed by atoms with Crippen LogP contribution in [0.25, 0.3) is 0 Å². The predicted octanol–water partition coefficient (Wildman–Crippen LogP) is 4.37. The number of nitrogens with zero attached hydrogens (tertiary/aromatic N) is 1. The molecule has 2 N–H and O–H groups in total. The van der Waals surface area contributed by atoms with Crippen molar-refractivity contribution < 1.29 is 19.6 Å². The third kappa shape index (κ3) is 4.33. The molecular weight excluding hydrogens is 324 g/mol. The lowest BCUT2D eigenvalue weighted by molar-refractivity contribution is -0.385. The summed E-state index contributed by atoms with van der Waals surface area (Å²) in [5, 5.41) is 22.4. The molecule has 2 aromatic carbocycles. The highest BCUT2D eigenvalue weighted by Gasteiger charge is 2.17. The van der Waals surface area contributed by atoms with E-state index in [0.717, 1.165) is 0 Å². The Bertz CT molecular complexity index is 750. The smallest absolute Gasteiger partial charge is 0.405 e. The van der Waals surface area contributed by atoms with Gasteiger partial charge in [0, 0.05) is 17.2 Å². The first kappa shape index (κ1) is 16.6. The SMILES string of the molecule is CC(NC(=O)O)c1cccc(Oc2cc(Cl)ccc2[N+](=O)[O-])c1. The van der Waals surface area contributed by atoms with E-state index in [1.807, 2.05) is 0 Å². The maximum atomic E-state index is 11.0. The Morgan fingerprint density at radius 1 is 1.35 bits per heavy atom. The topological polar surface area (TPSA) is 102 Å². The van der Waals surface area contributed by atoms with E-state index >= 15 is 0 Å². The molecule has 1 unspecified atom stereocenters. The highest BCUT2D eigenvalue weighted by molar-refractivity contribution is 6.30. The van der Waals surface area contributed by atoms with E-state index in [1.54, 1.807) is 31.2 Å². The van der Waals surface area contributed by atoms with Crippen LogP contribution in [0.1, 0.15) is 18.5 Å². The molecule has 23 heavy (non-hydrogen) atoms. The number of benzene rings is 2. The van der Waals surface area contributed by atoms with Gasteiger partial charge in [0.2, 0.25) is 5.75 Å². The third-order valence-corrected chi connectivity index (χ3v) is 3.28. The summed E-state index contributed by atoms with van der Waals surface area (Å²) in [4.78, 5) is 21.1. The van der Waals surface area contributed by atoms with E-state index in [4.69, 9.17) is 21.4 Å². The van der Waals surface area contributed by atoms with Gasteiger partial charge in [-0.15, -0.1) is 0 Å². The van der Waals surface area contributed by atoms with E-state index < -0.39 is 17.1 Å². The molecule has 0 spiro atoms. The summed E-state index contributed by atoms with van der Waals surface area (Å²) in [5.41, 5.74) is 0.450. The first-order chi connectivity index (χ1) is 10.9. The summed E-state index contributed by atoms with van der Waals surface area (Å²) in [6.45, 7) is 1.68. The lowest BCUT2D eigenvalue weighted by Crippen LogP contribution is -2.24. The average molecular weight is 337 g/mol. The van der Waals surface area contributed by atoms with Crippen LogP contribution in [0.5, 0.6) is 11.5 Å². The lowest BCUT2D eigenvalue weighted by Gasteiger charge is -2.13. The Hall–Kier alpha value is -2.80. The molecule has 0 aliphatic heterocycles. The zero-order valence-electron chi connectivity index (χ0n) is 12.0. The third-order valence-electron chi connectivity index (χ3n) is 3.04. The van der Waals surface area contributed by atoms with Crippen LogP contribution < -0.4 is 10.1 Å². The number of amides is 1. The van der Waals surface area contributed by atoms with E-state index in [0.29, 0.717) is 16.3 Å². The minimum atomic E-state index is -1.14. The molecular formula is C15H13ClN2O5. The minimum absolute atomic E-state index is 0.0125. The van der Waals surface area contributed by atoms with E-state index in [1.165, 1.54) is 18.2 Å². The van der Waals surface area contributed by atoms with Gasteiger partial charge in [0.05, 0.1) is 11.0 Å². The molecule has 0 fully saturated rings. The second-order valence-electron chi connectivity index (χ2n) is 4.71. The Morgan fingerprint density at radius 3 is 2.74 bits per heavy atom. The van der Waals surface area contributed by atoms with Crippen molar-refractivity contribution >= 4 is 23.4 Å². The Labute approximate surface area is 136 Å². The molecule has 0 radical (unpaired) electrons. The maximum absolute atomic E-state index is 11.0. The number of hydrogen-bond acceptors (Lipinski definition) is 4. The molecule has 2 aromatic rings. The summed E-state index contributed by atoms with van der Waals surface area (Å²) in [5.74, 6) is 0.352. The number of halogens is 1. The van der Waals surface area contributed by atoms with Crippen LogP contribution in [0, 0.1) is 10.1 Å². The monoisotopic (exact) mass is 336 g/mol. The average Bonchev–Trinajstić information content (AvgIpc) is 2.46. The minimum Gasteiger partial charge on any atom is -0.465 e. The van der Waals surface area contributed by atoms with Gasteiger partial charge in [0.15, 0.2) is 0 Å². The fourth-order valence-electron chi connectivity index (χ4n) is 1.96. The molecule has 120 valence electrons. The summed E-state index contributed by atoms with van der Waals surface area (Å²) < 4.78 is 5.55. The molecule has 1 amide bonds. The molecule has 0 aromatic heterocycles. The molecule has 0 aliphatic carbocycles. The van der Waals surface area contributed by atoms with Crippen molar-refractivity contribution in [3.05, 3.63) is 63.2 Å². The van der Waals surface area contributed by atoms with Crippen LogP contribution in [0.4, 0.5) is 10.5 Å².